The van der Waals surface area contributed by atoms with E-state index in [1.54, 1.807) is 13.0 Å². The highest BCUT2D eigenvalue weighted by atomic mass is 16.6. The van der Waals surface area contributed by atoms with Crippen LogP contribution in [-0.2, 0) is 0 Å². The van der Waals surface area contributed by atoms with Gasteiger partial charge in [-0.1, -0.05) is 0 Å². The van der Waals surface area contributed by atoms with Crippen LogP contribution in [0.1, 0.15) is 17.4 Å². The van der Waals surface area contributed by atoms with Crippen molar-refractivity contribution in [2.45, 2.75) is 13.8 Å². The molecule has 0 fully saturated rings. The zero-order valence-corrected chi connectivity index (χ0v) is 9.21. The van der Waals surface area contributed by atoms with Crippen molar-refractivity contribution in [2.75, 3.05) is 0 Å². The Bertz CT molecular complexity index is 596. The molecule has 2 aromatic rings. The van der Waals surface area contributed by atoms with Gasteiger partial charge < -0.3 is 4.42 Å². The van der Waals surface area contributed by atoms with E-state index in [1.807, 2.05) is 0 Å². The van der Waals surface area contributed by atoms with Crippen LogP contribution in [0.2, 0.25) is 0 Å². The molecule has 0 spiro atoms. The molecule has 0 atom stereocenters. The summed E-state index contributed by atoms with van der Waals surface area (Å²) in [6.07, 6.45) is 0. The minimum Gasteiger partial charge on any atom is -0.399 e. The van der Waals surface area contributed by atoms with Gasteiger partial charge in [-0.05, 0) is 19.1 Å². The van der Waals surface area contributed by atoms with Gasteiger partial charge in [-0.3, -0.25) is 14.9 Å². The summed E-state index contributed by atoms with van der Waals surface area (Å²) in [5, 5.41) is 14.5. The van der Waals surface area contributed by atoms with Crippen molar-refractivity contribution in [1.82, 2.24) is 9.78 Å². The van der Waals surface area contributed by atoms with Crippen molar-refractivity contribution in [3.8, 4) is 11.5 Å². The second-order valence-electron chi connectivity index (χ2n) is 3.50. The van der Waals surface area contributed by atoms with Crippen molar-refractivity contribution in [3.05, 3.63) is 34.0 Å². The maximum atomic E-state index is 11.2. The highest BCUT2D eigenvalue weighted by Crippen LogP contribution is 2.25. The number of hydrogen-bond acceptors (Lipinski definition) is 5. The van der Waals surface area contributed by atoms with Crippen LogP contribution in [0.5, 0.6) is 0 Å². The molecule has 7 heteroatoms. The molecule has 2 heterocycles. The third-order valence-corrected chi connectivity index (χ3v) is 2.21. The van der Waals surface area contributed by atoms with E-state index in [2.05, 4.69) is 5.10 Å². The fourth-order valence-corrected chi connectivity index (χ4v) is 1.48. The van der Waals surface area contributed by atoms with E-state index in [-0.39, 0.29) is 17.6 Å². The van der Waals surface area contributed by atoms with Gasteiger partial charge in [-0.25, -0.2) is 4.68 Å². The fraction of sp³-hybridized carbons (Fsp3) is 0.200. The van der Waals surface area contributed by atoms with Crippen molar-refractivity contribution >= 4 is 11.8 Å². The van der Waals surface area contributed by atoms with Crippen LogP contribution < -0.4 is 0 Å². The van der Waals surface area contributed by atoms with Gasteiger partial charge in [0.15, 0.2) is 5.76 Å². The van der Waals surface area contributed by atoms with Gasteiger partial charge in [0.1, 0.15) is 10.6 Å². The maximum Gasteiger partial charge on any atom is 0.433 e. The summed E-state index contributed by atoms with van der Waals surface area (Å²) >= 11 is 0. The summed E-state index contributed by atoms with van der Waals surface area (Å²) in [4.78, 5) is 21.0. The van der Waals surface area contributed by atoms with Gasteiger partial charge in [0.05, 0.1) is 6.07 Å². The van der Waals surface area contributed by atoms with Crippen LogP contribution in [0.25, 0.3) is 11.5 Å². The van der Waals surface area contributed by atoms with E-state index in [1.165, 1.54) is 23.7 Å². The maximum absolute atomic E-state index is 11.2. The molecular weight excluding hydrogens is 226 g/mol. The predicted molar refractivity (Wildman–Crippen MR) is 57.6 cm³/mol. The normalized spacial score (nSPS) is 10.5. The average molecular weight is 235 g/mol. The van der Waals surface area contributed by atoms with Gasteiger partial charge >= 0.3 is 5.88 Å². The largest absolute Gasteiger partial charge is 0.433 e. The Morgan fingerprint density at radius 2 is 2.24 bits per heavy atom. The third-order valence-electron chi connectivity index (χ3n) is 2.21. The summed E-state index contributed by atoms with van der Waals surface area (Å²) in [5.41, 5.74) is 1.04. The first-order valence-corrected chi connectivity index (χ1v) is 4.81. The van der Waals surface area contributed by atoms with Crippen molar-refractivity contribution in [2.24, 2.45) is 0 Å². The number of furan rings is 1. The molecule has 2 rings (SSSR count). The Morgan fingerprint density at radius 1 is 1.53 bits per heavy atom. The number of aromatic nitrogens is 2. The lowest BCUT2D eigenvalue weighted by atomic mass is 10.3. The van der Waals surface area contributed by atoms with Crippen LogP contribution in [0.15, 0.2) is 22.6 Å². The molecule has 7 nitrogen and oxygen atoms in total. The summed E-state index contributed by atoms with van der Waals surface area (Å²) in [6.45, 7) is 3.10. The Balaban J connectivity index is 2.42. The first kappa shape index (κ1) is 11.1. The lowest BCUT2D eigenvalue weighted by Crippen LogP contribution is -2.08. The summed E-state index contributed by atoms with van der Waals surface area (Å²) in [6, 6.07) is 4.33. The number of nitro groups is 1. The third kappa shape index (κ3) is 1.94. The molecule has 0 unspecified atom stereocenters. The number of hydrogen-bond donors (Lipinski definition) is 0. The summed E-state index contributed by atoms with van der Waals surface area (Å²) < 4.78 is 6.20. The molecule has 0 radical (unpaired) electrons. The van der Waals surface area contributed by atoms with E-state index >= 15 is 0 Å². The molecule has 0 aromatic carbocycles. The standard InChI is InChI=1S/C10H9N3O4/c1-6-5-8(11-12(6)7(2)14)9-3-4-10(17-9)13(15)16/h3-5H,1-2H3. The van der Waals surface area contributed by atoms with Crippen LogP contribution in [0.4, 0.5) is 5.88 Å². The monoisotopic (exact) mass is 235 g/mol. The summed E-state index contributed by atoms with van der Waals surface area (Å²) in [7, 11) is 0. The van der Waals surface area contributed by atoms with E-state index in [0.717, 1.165) is 0 Å². The van der Waals surface area contributed by atoms with E-state index < -0.39 is 4.92 Å². The quantitative estimate of drug-likeness (QED) is 0.586. The Labute approximate surface area is 95.8 Å². The topological polar surface area (TPSA) is 91.2 Å². The lowest BCUT2D eigenvalue weighted by Gasteiger charge is -1.94. The van der Waals surface area contributed by atoms with Crippen LogP contribution in [0.3, 0.4) is 0 Å². The highest BCUT2D eigenvalue weighted by molar-refractivity contribution is 5.76. The molecule has 0 aliphatic carbocycles. The molecule has 88 valence electrons. The smallest absolute Gasteiger partial charge is 0.399 e. The second-order valence-corrected chi connectivity index (χ2v) is 3.50. The van der Waals surface area contributed by atoms with Gasteiger partial charge in [-0.2, -0.15) is 5.10 Å². The minimum absolute atomic E-state index is 0.227. The first-order chi connectivity index (χ1) is 7.99. The van der Waals surface area contributed by atoms with Gasteiger partial charge in [0.25, 0.3) is 0 Å². The number of rotatable bonds is 2. The van der Waals surface area contributed by atoms with Crippen molar-refractivity contribution < 1.29 is 14.1 Å². The zero-order valence-electron chi connectivity index (χ0n) is 9.21. The highest BCUT2D eigenvalue weighted by Gasteiger charge is 2.16. The van der Waals surface area contributed by atoms with Crippen LogP contribution in [0, 0.1) is 17.0 Å². The Hall–Kier alpha value is -2.44. The second kappa shape index (κ2) is 3.85. The zero-order chi connectivity index (χ0) is 12.6. The number of aryl methyl sites for hydroxylation is 1. The molecular formula is C10H9N3O4. The van der Waals surface area contributed by atoms with Gasteiger partial charge in [0.2, 0.25) is 5.91 Å². The van der Waals surface area contributed by atoms with Crippen LogP contribution in [-0.4, -0.2) is 20.6 Å². The molecule has 2 aromatic heterocycles. The van der Waals surface area contributed by atoms with E-state index in [9.17, 15) is 14.9 Å². The van der Waals surface area contributed by atoms with Crippen molar-refractivity contribution in [1.29, 1.82) is 0 Å². The molecule has 0 bridgehead atoms. The molecule has 0 saturated heterocycles. The van der Waals surface area contributed by atoms with E-state index in [4.69, 9.17) is 4.42 Å². The number of carbonyl (C=O) groups excluding carboxylic acids is 1. The summed E-state index contributed by atoms with van der Waals surface area (Å²) in [5.74, 6) is -0.315. The van der Waals surface area contributed by atoms with Gasteiger partial charge in [0, 0.05) is 12.6 Å². The number of nitrogens with zero attached hydrogens (tertiary/aromatic N) is 3. The minimum atomic E-state index is -0.627. The van der Waals surface area contributed by atoms with Crippen molar-refractivity contribution in [3.63, 3.8) is 0 Å². The lowest BCUT2D eigenvalue weighted by molar-refractivity contribution is -0.401. The molecule has 17 heavy (non-hydrogen) atoms. The first-order valence-electron chi connectivity index (χ1n) is 4.81. The predicted octanol–water partition coefficient (Wildman–Crippen LogP) is 2.02. The van der Waals surface area contributed by atoms with E-state index in [0.29, 0.717) is 11.4 Å². The van der Waals surface area contributed by atoms with Crippen LogP contribution >= 0.6 is 0 Å². The molecule has 0 aliphatic rings. The Kier molecular flexibility index (Phi) is 2.51. The fourth-order valence-electron chi connectivity index (χ4n) is 1.48. The molecule has 0 aliphatic heterocycles. The Morgan fingerprint density at radius 3 is 2.71 bits per heavy atom. The van der Waals surface area contributed by atoms with Gasteiger partial charge in [-0.15, -0.1) is 0 Å². The average Bonchev–Trinajstić information content (AvgIpc) is 2.82. The molecule has 0 amide bonds. The number of carbonyl (C=O) groups is 1. The molecule has 0 saturated carbocycles. The SMILES string of the molecule is CC(=O)n1nc(-c2ccc([N+](=O)[O-])o2)cc1C. The molecule has 0 N–H and O–H groups in total.